The van der Waals surface area contributed by atoms with E-state index in [0.29, 0.717) is 18.1 Å². The van der Waals surface area contributed by atoms with Crippen LogP contribution >= 0.6 is 11.8 Å². The van der Waals surface area contributed by atoms with Crippen LogP contribution in [0.3, 0.4) is 0 Å². The summed E-state index contributed by atoms with van der Waals surface area (Å²) >= 11 is 1.27. The number of thioether (sulfide) groups is 1. The molecule has 0 radical (unpaired) electrons. The lowest BCUT2D eigenvalue weighted by molar-refractivity contribution is -0.145. The van der Waals surface area contributed by atoms with Crippen molar-refractivity contribution in [3.05, 3.63) is 35.9 Å². The molecule has 0 saturated carbocycles. The van der Waals surface area contributed by atoms with Crippen molar-refractivity contribution < 1.29 is 19.1 Å². The zero-order chi connectivity index (χ0) is 14.8. The molecule has 1 rings (SSSR count). The van der Waals surface area contributed by atoms with Crippen LogP contribution in [0.1, 0.15) is 19.4 Å². The summed E-state index contributed by atoms with van der Waals surface area (Å²) in [4.78, 5) is 21.9. The van der Waals surface area contributed by atoms with E-state index < -0.39 is 0 Å². The van der Waals surface area contributed by atoms with Crippen molar-refractivity contribution in [2.24, 2.45) is 0 Å². The van der Waals surface area contributed by atoms with Gasteiger partial charge in [0.15, 0.2) is 11.7 Å². The second kappa shape index (κ2) is 9.20. The molecule has 0 unspecified atom stereocenters. The quantitative estimate of drug-likeness (QED) is 0.724. The molecule has 0 aromatic heterocycles. The maximum absolute atomic E-state index is 11.1. The molecule has 0 fully saturated rings. The van der Waals surface area contributed by atoms with Gasteiger partial charge in [-0.3, -0.25) is 4.79 Å². The Morgan fingerprint density at radius 2 is 1.95 bits per heavy atom. The highest BCUT2D eigenvalue weighted by molar-refractivity contribution is 8.13. The number of rotatable bonds is 7. The first-order valence-electron chi connectivity index (χ1n) is 6.30. The molecule has 0 aliphatic rings. The van der Waals surface area contributed by atoms with Gasteiger partial charge >= 0.3 is 5.97 Å². The number of carbonyl (C=O) groups excluding carboxylic acids is 2. The predicted octanol–water partition coefficient (Wildman–Crippen LogP) is 2.92. The van der Waals surface area contributed by atoms with Gasteiger partial charge in [0.25, 0.3) is 0 Å². The fourth-order valence-corrected chi connectivity index (χ4v) is 1.80. The van der Waals surface area contributed by atoms with Gasteiger partial charge in [-0.2, -0.15) is 0 Å². The molecule has 20 heavy (non-hydrogen) atoms. The molecule has 0 aliphatic carbocycles. The number of hydrogen-bond acceptors (Lipinski definition) is 5. The van der Waals surface area contributed by atoms with Crippen LogP contribution in [0.5, 0.6) is 5.75 Å². The lowest BCUT2D eigenvalue weighted by Crippen LogP contribution is -2.14. The molecule has 0 atom stereocenters. The molecule has 0 aliphatic heterocycles. The molecule has 1 aromatic rings. The molecule has 1 aromatic carbocycles. The summed E-state index contributed by atoms with van der Waals surface area (Å²) in [5.41, 5.74) is 1.01. The summed E-state index contributed by atoms with van der Waals surface area (Å²) in [6.45, 7) is 3.57. The van der Waals surface area contributed by atoms with E-state index >= 15 is 0 Å². The van der Waals surface area contributed by atoms with Crippen LogP contribution < -0.4 is 4.74 Å². The number of hydrogen-bond donors (Lipinski definition) is 0. The lowest BCUT2D eigenvalue weighted by Gasteiger charge is -2.05. The molecule has 4 nitrogen and oxygen atoms in total. The Morgan fingerprint density at radius 3 is 2.55 bits per heavy atom. The topological polar surface area (TPSA) is 52.6 Å². The van der Waals surface area contributed by atoms with Crippen LogP contribution in [-0.2, 0) is 14.3 Å². The number of ether oxygens (including phenoxy) is 2. The minimum absolute atomic E-state index is 0.0850. The summed E-state index contributed by atoms with van der Waals surface area (Å²) in [5.74, 6) is 0.905. The Morgan fingerprint density at radius 1 is 1.25 bits per heavy atom. The summed E-state index contributed by atoms with van der Waals surface area (Å²) in [6.07, 6.45) is 3.87. The molecule has 0 N–H and O–H groups in total. The zero-order valence-corrected chi connectivity index (χ0v) is 12.4. The van der Waals surface area contributed by atoms with Crippen molar-refractivity contribution in [2.45, 2.75) is 13.8 Å². The van der Waals surface area contributed by atoms with Crippen LogP contribution in [0.2, 0.25) is 0 Å². The summed E-state index contributed by atoms with van der Waals surface area (Å²) in [7, 11) is 0. The third-order valence-corrected chi connectivity index (χ3v) is 3.00. The molecule has 0 bridgehead atoms. The van der Waals surface area contributed by atoms with Gasteiger partial charge in [0.1, 0.15) is 5.75 Å². The molecule has 0 saturated heterocycles. The van der Waals surface area contributed by atoms with Crippen LogP contribution in [0.4, 0.5) is 0 Å². The van der Waals surface area contributed by atoms with E-state index in [1.165, 1.54) is 11.8 Å². The number of carbonyl (C=O) groups is 2. The Hall–Kier alpha value is -1.75. The minimum atomic E-state index is -0.377. The van der Waals surface area contributed by atoms with Crippen molar-refractivity contribution in [1.82, 2.24) is 0 Å². The van der Waals surface area contributed by atoms with Gasteiger partial charge in [-0.1, -0.05) is 36.0 Å². The second-order valence-electron chi connectivity index (χ2n) is 3.87. The maximum atomic E-state index is 11.1. The van der Waals surface area contributed by atoms with Crippen molar-refractivity contribution in [2.75, 3.05) is 19.0 Å². The van der Waals surface area contributed by atoms with E-state index in [1.807, 2.05) is 24.3 Å². The number of esters is 1. The smallest absolute Gasteiger partial charge is 0.344 e. The Kier molecular flexibility index (Phi) is 7.50. The lowest BCUT2D eigenvalue weighted by atomic mass is 10.2. The second-order valence-corrected chi connectivity index (χ2v) is 5.06. The van der Waals surface area contributed by atoms with Gasteiger partial charge in [-0.05, 0) is 24.6 Å². The molecule has 108 valence electrons. The highest BCUT2D eigenvalue weighted by Gasteiger charge is 2.02. The van der Waals surface area contributed by atoms with E-state index in [1.54, 1.807) is 26.0 Å². The molecule has 0 heterocycles. The van der Waals surface area contributed by atoms with Gasteiger partial charge in [0, 0.05) is 12.7 Å². The predicted molar refractivity (Wildman–Crippen MR) is 80.7 cm³/mol. The van der Waals surface area contributed by atoms with Gasteiger partial charge in [0.2, 0.25) is 0 Å². The maximum Gasteiger partial charge on any atom is 0.344 e. The molecular formula is C15H18O4S. The van der Waals surface area contributed by atoms with Gasteiger partial charge < -0.3 is 9.47 Å². The minimum Gasteiger partial charge on any atom is -0.482 e. The highest BCUT2D eigenvalue weighted by atomic mass is 32.2. The molecule has 0 amide bonds. The van der Waals surface area contributed by atoms with Crippen LogP contribution in [0.15, 0.2) is 30.3 Å². The van der Waals surface area contributed by atoms with E-state index in [0.717, 1.165) is 5.56 Å². The summed E-state index contributed by atoms with van der Waals surface area (Å²) in [5, 5.41) is 0.109. The van der Waals surface area contributed by atoms with Gasteiger partial charge in [0.05, 0.1) is 6.61 Å². The van der Waals surface area contributed by atoms with Crippen molar-refractivity contribution >= 4 is 28.9 Å². The first kappa shape index (κ1) is 16.3. The third-order valence-electron chi connectivity index (χ3n) is 2.24. The molecular weight excluding hydrogens is 276 g/mol. The average molecular weight is 294 g/mol. The molecule has 5 heteroatoms. The Labute approximate surface area is 123 Å². The fourth-order valence-electron chi connectivity index (χ4n) is 1.37. The Bertz CT molecular complexity index is 465. The normalized spacial score (nSPS) is 10.5. The summed E-state index contributed by atoms with van der Waals surface area (Å²) in [6, 6.07) is 7.35. The third kappa shape index (κ3) is 6.99. The van der Waals surface area contributed by atoms with Crippen LogP contribution in [0.25, 0.3) is 6.08 Å². The van der Waals surface area contributed by atoms with Gasteiger partial charge in [-0.15, -0.1) is 0 Å². The van der Waals surface area contributed by atoms with Crippen molar-refractivity contribution in [1.29, 1.82) is 0 Å². The highest BCUT2D eigenvalue weighted by Crippen LogP contribution is 2.13. The van der Waals surface area contributed by atoms with E-state index in [4.69, 9.17) is 9.47 Å². The monoisotopic (exact) mass is 294 g/mol. The molecule has 0 spiro atoms. The summed E-state index contributed by atoms with van der Waals surface area (Å²) < 4.78 is 10.1. The largest absolute Gasteiger partial charge is 0.482 e. The number of benzene rings is 1. The van der Waals surface area contributed by atoms with E-state index in [-0.39, 0.29) is 17.7 Å². The standard InChI is InChI=1S/C15H18O4S/c1-3-18-15(17)11-19-14-8-6-13(7-9-14)5-4-10-20-12(2)16/h4-9H,3,10-11H2,1-2H3. The first-order valence-corrected chi connectivity index (χ1v) is 7.28. The zero-order valence-electron chi connectivity index (χ0n) is 11.6. The van der Waals surface area contributed by atoms with E-state index in [9.17, 15) is 9.59 Å². The van der Waals surface area contributed by atoms with Gasteiger partial charge in [-0.25, -0.2) is 4.79 Å². The van der Waals surface area contributed by atoms with Crippen molar-refractivity contribution in [3.63, 3.8) is 0 Å². The van der Waals surface area contributed by atoms with E-state index in [2.05, 4.69) is 0 Å². The average Bonchev–Trinajstić information content (AvgIpc) is 2.43. The first-order chi connectivity index (χ1) is 9.61. The SMILES string of the molecule is CCOC(=O)COc1ccc(C=CCSC(C)=O)cc1. The van der Waals surface area contributed by atoms with Crippen LogP contribution in [-0.4, -0.2) is 30.1 Å². The Balaban J connectivity index is 2.40. The van der Waals surface area contributed by atoms with Crippen LogP contribution in [0, 0.1) is 0 Å². The van der Waals surface area contributed by atoms with Crippen molar-refractivity contribution in [3.8, 4) is 5.75 Å². The fraction of sp³-hybridized carbons (Fsp3) is 0.333.